The van der Waals surface area contributed by atoms with E-state index in [0.717, 1.165) is 28.2 Å². The maximum Gasteiger partial charge on any atom is 0.241 e. The Hall–Kier alpha value is -3.13. The van der Waals surface area contributed by atoms with E-state index in [9.17, 15) is 4.79 Å². The number of fused-ring (bicyclic) bond motifs is 1. The van der Waals surface area contributed by atoms with Crippen LogP contribution < -0.4 is 16.0 Å². The number of hydrogen-bond donors (Lipinski definition) is 2. The number of nitrogens with zero attached hydrogens (tertiary/aromatic N) is 4. The van der Waals surface area contributed by atoms with Crippen LogP contribution in [0.5, 0.6) is 0 Å². The number of carbonyl (C=O) groups is 1. The summed E-state index contributed by atoms with van der Waals surface area (Å²) in [5, 5.41) is 9.42. The Kier molecular flexibility index (Phi) is 5.48. The van der Waals surface area contributed by atoms with Gasteiger partial charge in [-0.1, -0.05) is 60.5 Å². The van der Waals surface area contributed by atoms with Gasteiger partial charge >= 0.3 is 0 Å². The summed E-state index contributed by atoms with van der Waals surface area (Å²) >= 11 is 12.7. The molecule has 0 spiro atoms. The van der Waals surface area contributed by atoms with Gasteiger partial charge < -0.3 is 16.0 Å². The lowest BCUT2D eigenvalue weighted by atomic mass is 9.89. The monoisotopic (exact) mass is 480 g/mol. The maximum absolute atomic E-state index is 12.1. The molecular formula is C24H22Cl2N6O. The number of amides is 1. The number of nitrogens with one attached hydrogen (secondary N) is 1. The normalized spacial score (nSPS) is 14.9. The maximum atomic E-state index is 12.1. The smallest absolute Gasteiger partial charge is 0.241 e. The van der Waals surface area contributed by atoms with Crippen molar-refractivity contribution in [3.63, 3.8) is 0 Å². The van der Waals surface area contributed by atoms with E-state index in [1.807, 2.05) is 61.5 Å². The zero-order valence-corrected chi connectivity index (χ0v) is 19.4. The van der Waals surface area contributed by atoms with Crippen LogP contribution in [0.15, 0.2) is 60.8 Å². The second-order valence-electron chi connectivity index (χ2n) is 8.08. The van der Waals surface area contributed by atoms with Crippen LogP contribution in [-0.2, 0) is 4.79 Å². The van der Waals surface area contributed by atoms with Crippen LogP contribution in [-0.4, -0.2) is 45.7 Å². The number of rotatable bonds is 6. The summed E-state index contributed by atoms with van der Waals surface area (Å²) in [5.74, 6) is 0.466. The molecule has 7 nitrogen and oxygen atoms in total. The van der Waals surface area contributed by atoms with Gasteiger partial charge in [0.25, 0.3) is 0 Å². The highest BCUT2D eigenvalue weighted by Crippen LogP contribution is 2.39. The summed E-state index contributed by atoms with van der Waals surface area (Å²) in [6, 6.07) is 17.1. The van der Waals surface area contributed by atoms with E-state index in [4.69, 9.17) is 34.0 Å². The molecule has 3 N–H and O–H groups in total. The molecule has 33 heavy (non-hydrogen) atoms. The molecule has 0 bridgehead atoms. The fourth-order valence-corrected chi connectivity index (χ4v) is 4.71. The SMILES string of the molecule is CCNC1(C(N)=O)CN(c2ccnc3c(-c4ccc(Cl)cc4)c(-c4ccccc4Cl)nn23)C1. The van der Waals surface area contributed by atoms with Crippen molar-refractivity contribution in [2.24, 2.45) is 5.73 Å². The van der Waals surface area contributed by atoms with Gasteiger partial charge in [0.1, 0.15) is 17.1 Å². The first-order chi connectivity index (χ1) is 15.9. The molecule has 3 heterocycles. The van der Waals surface area contributed by atoms with Gasteiger partial charge in [0.15, 0.2) is 5.65 Å². The van der Waals surface area contributed by atoms with Crippen molar-refractivity contribution in [3.05, 3.63) is 70.8 Å². The minimum atomic E-state index is -0.748. The van der Waals surface area contributed by atoms with Crippen molar-refractivity contribution in [3.8, 4) is 22.4 Å². The molecule has 9 heteroatoms. The quantitative estimate of drug-likeness (QED) is 0.434. The Balaban J connectivity index is 1.68. The zero-order valence-electron chi connectivity index (χ0n) is 17.9. The Morgan fingerprint density at radius 1 is 1.12 bits per heavy atom. The number of carbonyl (C=O) groups excluding carboxylic acids is 1. The molecule has 168 valence electrons. The van der Waals surface area contributed by atoms with Gasteiger partial charge in [-0.3, -0.25) is 4.79 Å². The molecule has 1 saturated heterocycles. The molecule has 1 fully saturated rings. The first kappa shape index (κ1) is 21.7. The van der Waals surface area contributed by atoms with Crippen LogP contribution in [0, 0.1) is 0 Å². The summed E-state index contributed by atoms with van der Waals surface area (Å²) < 4.78 is 1.81. The fraction of sp³-hybridized carbons (Fsp3) is 0.208. The molecule has 2 aromatic heterocycles. The third-order valence-corrected chi connectivity index (χ3v) is 6.57. The standard InChI is InChI=1S/C24H22Cl2N6O/c1-2-29-24(23(27)33)13-31(14-24)19-11-12-28-22-20(15-7-9-16(25)10-8-15)21(30-32(19)22)17-5-3-4-6-18(17)26/h3-12,29H,2,13-14H2,1H3,(H2,27,33). The van der Waals surface area contributed by atoms with Crippen molar-refractivity contribution in [2.75, 3.05) is 24.5 Å². The molecule has 1 aliphatic heterocycles. The Morgan fingerprint density at radius 2 is 1.85 bits per heavy atom. The average Bonchev–Trinajstić information content (AvgIpc) is 3.16. The number of nitrogens with two attached hydrogens (primary N) is 1. The van der Waals surface area contributed by atoms with Crippen LogP contribution in [0.4, 0.5) is 5.82 Å². The number of likely N-dealkylation sites (N-methyl/N-ethyl adjacent to an activating group) is 1. The van der Waals surface area contributed by atoms with Gasteiger partial charge in [0.2, 0.25) is 5.91 Å². The van der Waals surface area contributed by atoms with Gasteiger partial charge in [-0.25, -0.2) is 4.98 Å². The third kappa shape index (κ3) is 3.62. The van der Waals surface area contributed by atoms with E-state index in [2.05, 4.69) is 15.2 Å². The molecule has 0 aliphatic carbocycles. The molecule has 1 amide bonds. The molecule has 0 unspecified atom stereocenters. The second-order valence-corrected chi connectivity index (χ2v) is 8.93. The topological polar surface area (TPSA) is 88.5 Å². The largest absolute Gasteiger partial charge is 0.368 e. The molecule has 0 saturated carbocycles. The van der Waals surface area contributed by atoms with E-state index < -0.39 is 5.54 Å². The molecule has 2 aromatic carbocycles. The predicted octanol–water partition coefficient (Wildman–Crippen LogP) is 4.02. The van der Waals surface area contributed by atoms with Crippen LogP contribution in [0.25, 0.3) is 28.0 Å². The van der Waals surface area contributed by atoms with Crippen LogP contribution in [0.3, 0.4) is 0 Å². The second kappa shape index (κ2) is 8.33. The molecule has 1 aliphatic rings. The summed E-state index contributed by atoms with van der Waals surface area (Å²) in [6.07, 6.45) is 1.75. The van der Waals surface area contributed by atoms with Crippen molar-refractivity contribution in [2.45, 2.75) is 12.5 Å². The summed E-state index contributed by atoms with van der Waals surface area (Å²) in [5.41, 5.74) is 8.94. The minimum Gasteiger partial charge on any atom is -0.368 e. The van der Waals surface area contributed by atoms with Crippen molar-refractivity contribution >= 4 is 40.6 Å². The van der Waals surface area contributed by atoms with Crippen LogP contribution in [0.1, 0.15) is 6.92 Å². The lowest BCUT2D eigenvalue weighted by Gasteiger charge is -2.49. The minimum absolute atomic E-state index is 0.357. The highest BCUT2D eigenvalue weighted by Gasteiger charge is 2.48. The van der Waals surface area contributed by atoms with E-state index in [-0.39, 0.29) is 5.91 Å². The zero-order chi connectivity index (χ0) is 23.2. The number of benzene rings is 2. The number of anilines is 1. The number of halogens is 2. The molecule has 0 atom stereocenters. The molecule has 0 radical (unpaired) electrons. The average molecular weight is 481 g/mol. The molecule has 4 aromatic rings. The van der Waals surface area contributed by atoms with Crippen LogP contribution >= 0.6 is 23.2 Å². The first-order valence-electron chi connectivity index (χ1n) is 10.6. The Labute approximate surface area is 201 Å². The van der Waals surface area contributed by atoms with Crippen molar-refractivity contribution in [1.82, 2.24) is 19.9 Å². The van der Waals surface area contributed by atoms with E-state index >= 15 is 0 Å². The summed E-state index contributed by atoms with van der Waals surface area (Å²) in [7, 11) is 0. The highest BCUT2D eigenvalue weighted by atomic mass is 35.5. The van der Waals surface area contributed by atoms with Gasteiger partial charge in [-0.15, -0.1) is 0 Å². The Morgan fingerprint density at radius 3 is 2.52 bits per heavy atom. The van der Waals surface area contributed by atoms with Crippen molar-refractivity contribution in [1.29, 1.82) is 0 Å². The number of hydrogen-bond acceptors (Lipinski definition) is 5. The van der Waals surface area contributed by atoms with Gasteiger partial charge in [-0.2, -0.15) is 9.61 Å². The van der Waals surface area contributed by atoms with Gasteiger partial charge in [0.05, 0.1) is 10.6 Å². The lowest BCUT2D eigenvalue weighted by Crippen LogP contribution is -2.75. The molecular weight excluding hydrogens is 459 g/mol. The first-order valence-corrected chi connectivity index (χ1v) is 11.4. The Bertz CT molecular complexity index is 1350. The van der Waals surface area contributed by atoms with Gasteiger partial charge in [-0.05, 0) is 36.4 Å². The summed E-state index contributed by atoms with van der Waals surface area (Å²) in [6.45, 7) is 3.52. The number of primary amides is 1. The van der Waals surface area contributed by atoms with E-state index in [1.54, 1.807) is 10.7 Å². The van der Waals surface area contributed by atoms with E-state index in [1.165, 1.54) is 0 Å². The highest BCUT2D eigenvalue weighted by molar-refractivity contribution is 6.33. The molecule has 5 rings (SSSR count). The number of aromatic nitrogens is 3. The predicted molar refractivity (Wildman–Crippen MR) is 132 cm³/mol. The third-order valence-electron chi connectivity index (χ3n) is 5.99. The van der Waals surface area contributed by atoms with Crippen molar-refractivity contribution < 1.29 is 4.79 Å². The van der Waals surface area contributed by atoms with Gasteiger partial charge in [0, 0.05) is 29.9 Å². The lowest BCUT2D eigenvalue weighted by molar-refractivity contribution is -0.125. The van der Waals surface area contributed by atoms with E-state index in [0.29, 0.717) is 35.3 Å². The fourth-order valence-electron chi connectivity index (χ4n) is 4.36. The van der Waals surface area contributed by atoms with Crippen LogP contribution in [0.2, 0.25) is 10.0 Å². The summed E-state index contributed by atoms with van der Waals surface area (Å²) in [4.78, 5) is 18.8.